The summed E-state index contributed by atoms with van der Waals surface area (Å²) in [5, 5.41) is 10.1. The fourth-order valence-corrected chi connectivity index (χ4v) is 3.14. The van der Waals surface area contributed by atoms with Crippen molar-refractivity contribution in [2.45, 2.75) is 19.9 Å². The van der Waals surface area contributed by atoms with Crippen LogP contribution in [-0.4, -0.2) is 23.3 Å². The average molecular weight is 407 g/mol. The van der Waals surface area contributed by atoms with Crippen LogP contribution in [-0.2, 0) is 17.8 Å². The van der Waals surface area contributed by atoms with E-state index < -0.39 is 11.7 Å². The van der Waals surface area contributed by atoms with Gasteiger partial charge in [0.25, 0.3) is 5.91 Å². The number of rotatable bonds is 3. The number of carbonyl (C=O) groups is 2. The van der Waals surface area contributed by atoms with Gasteiger partial charge in [-0.3, -0.25) is 9.59 Å². The van der Waals surface area contributed by atoms with E-state index in [1.165, 1.54) is 12.3 Å². The highest BCUT2D eigenvalue weighted by atomic mass is 35.5. The maximum Gasteiger partial charge on any atom is 0.275 e. The maximum absolute atomic E-state index is 14.5. The third-order valence-corrected chi connectivity index (χ3v) is 4.23. The van der Waals surface area contributed by atoms with Crippen LogP contribution in [0.1, 0.15) is 28.5 Å². The molecule has 136 valence electrons. The third kappa shape index (κ3) is 4.88. The molecule has 1 aliphatic heterocycles. The van der Waals surface area contributed by atoms with E-state index in [0.29, 0.717) is 30.2 Å². The first kappa shape index (κ1) is 21.3. The van der Waals surface area contributed by atoms with Gasteiger partial charge < -0.3 is 16.0 Å². The topological polar surface area (TPSA) is 83.1 Å². The number of nitrogens with one attached hydrogen (secondary N) is 3. The first-order chi connectivity index (χ1) is 11.0. The summed E-state index contributed by atoms with van der Waals surface area (Å²) in [5.41, 5.74) is 1.83. The molecule has 25 heavy (non-hydrogen) atoms. The van der Waals surface area contributed by atoms with Crippen LogP contribution in [0.2, 0.25) is 0 Å². The van der Waals surface area contributed by atoms with Gasteiger partial charge in [-0.25, -0.2) is 9.37 Å². The number of nitrogens with zero attached hydrogens (tertiary/aromatic N) is 1. The molecule has 0 unspecified atom stereocenters. The van der Waals surface area contributed by atoms with Crippen LogP contribution in [0.25, 0.3) is 0 Å². The highest BCUT2D eigenvalue weighted by molar-refractivity contribution is 7.14. The van der Waals surface area contributed by atoms with Crippen molar-refractivity contribution in [3.05, 3.63) is 40.2 Å². The standard InChI is InChI=1S/C15H15FN4O2S.2ClH/c1-8(21)18-15-20-12(7-23-15)14(22)19-11-3-2-9-6-17-5-4-10(9)13(11)16;;/h2-3,7,17H,4-6H2,1H3,(H,19,22)(H,18,20,21);2*1H. The van der Waals surface area contributed by atoms with Gasteiger partial charge in [-0.15, -0.1) is 36.2 Å². The number of thiazole rings is 1. The van der Waals surface area contributed by atoms with E-state index in [0.717, 1.165) is 16.9 Å². The van der Waals surface area contributed by atoms with Gasteiger partial charge in [0.05, 0.1) is 5.69 Å². The van der Waals surface area contributed by atoms with Crippen molar-refractivity contribution in [2.75, 3.05) is 17.2 Å². The Morgan fingerprint density at radius 1 is 1.28 bits per heavy atom. The zero-order chi connectivity index (χ0) is 16.4. The summed E-state index contributed by atoms with van der Waals surface area (Å²) in [6.07, 6.45) is 0.592. The summed E-state index contributed by atoms with van der Waals surface area (Å²) in [6, 6.07) is 3.37. The van der Waals surface area contributed by atoms with Gasteiger partial charge in [0, 0.05) is 18.8 Å². The van der Waals surface area contributed by atoms with E-state index in [4.69, 9.17) is 0 Å². The monoisotopic (exact) mass is 406 g/mol. The molecule has 1 aliphatic rings. The smallest absolute Gasteiger partial charge is 0.275 e. The Morgan fingerprint density at radius 2 is 2.04 bits per heavy atom. The zero-order valence-corrected chi connectivity index (χ0v) is 15.7. The van der Waals surface area contributed by atoms with E-state index in [1.54, 1.807) is 6.07 Å². The summed E-state index contributed by atoms with van der Waals surface area (Å²) < 4.78 is 14.5. The summed E-state index contributed by atoms with van der Waals surface area (Å²) in [5.74, 6) is -1.17. The zero-order valence-electron chi connectivity index (χ0n) is 13.2. The highest BCUT2D eigenvalue weighted by Gasteiger charge is 2.19. The lowest BCUT2D eigenvalue weighted by molar-refractivity contribution is -0.114. The lowest BCUT2D eigenvalue weighted by Crippen LogP contribution is -2.25. The van der Waals surface area contributed by atoms with Gasteiger partial charge in [0.15, 0.2) is 5.13 Å². The Kier molecular flexibility index (Phi) is 7.75. The molecule has 0 saturated heterocycles. The predicted molar refractivity (Wildman–Crippen MR) is 101 cm³/mol. The van der Waals surface area contributed by atoms with Gasteiger partial charge in [-0.1, -0.05) is 6.07 Å². The molecule has 1 aromatic carbocycles. The van der Waals surface area contributed by atoms with Crippen molar-refractivity contribution in [2.24, 2.45) is 0 Å². The second-order valence-corrected chi connectivity index (χ2v) is 6.02. The molecule has 6 nitrogen and oxygen atoms in total. The molecular formula is C15H17Cl2FN4O2S. The molecule has 2 heterocycles. The summed E-state index contributed by atoms with van der Waals surface area (Å²) in [6.45, 7) is 2.71. The minimum Gasteiger partial charge on any atom is -0.318 e. The Hall–Kier alpha value is -1.74. The third-order valence-electron chi connectivity index (χ3n) is 3.48. The first-order valence-corrected chi connectivity index (χ1v) is 7.98. The van der Waals surface area contributed by atoms with Crippen molar-refractivity contribution in [1.29, 1.82) is 0 Å². The van der Waals surface area contributed by atoms with Crippen molar-refractivity contribution >= 4 is 58.8 Å². The molecule has 3 N–H and O–H groups in total. The highest BCUT2D eigenvalue weighted by Crippen LogP contribution is 2.25. The SMILES string of the molecule is CC(=O)Nc1nc(C(=O)Nc2ccc3c(c2F)CCNC3)cs1.Cl.Cl. The Balaban J connectivity index is 0.00000156. The molecule has 1 aromatic heterocycles. The van der Waals surface area contributed by atoms with E-state index in [-0.39, 0.29) is 42.1 Å². The van der Waals surface area contributed by atoms with Crippen LogP contribution < -0.4 is 16.0 Å². The average Bonchev–Trinajstić information content (AvgIpc) is 2.98. The minimum absolute atomic E-state index is 0. The largest absolute Gasteiger partial charge is 0.318 e. The first-order valence-electron chi connectivity index (χ1n) is 7.10. The second-order valence-electron chi connectivity index (χ2n) is 5.16. The lowest BCUT2D eigenvalue weighted by Gasteiger charge is -2.19. The van der Waals surface area contributed by atoms with Crippen molar-refractivity contribution in [3.8, 4) is 0 Å². The van der Waals surface area contributed by atoms with Crippen LogP contribution in [0.4, 0.5) is 15.2 Å². The number of hydrogen-bond acceptors (Lipinski definition) is 5. The van der Waals surface area contributed by atoms with E-state index in [2.05, 4.69) is 20.9 Å². The maximum atomic E-state index is 14.5. The Labute approximate surface area is 160 Å². The number of amides is 2. The van der Waals surface area contributed by atoms with Crippen LogP contribution in [0, 0.1) is 5.82 Å². The number of benzene rings is 1. The molecule has 0 atom stereocenters. The molecule has 0 bridgehead atoms. The Morgan fingerprint density at radius 3 is 2.76 bits per heavy atom. The number of halogens is 3. The van der Waals surface area contributed by atoms with E-state index in [1.807, 2.05) is 6.07 Å². The quantitative estimate of drug-likeness (QED) is 0.731. The minimum atomic E-state index is -0.509. The molecule has 2 aromatic rings. The fraction of sp³-hybridized carbons (Fsp3) is 0.267. The number of carbonyl (C=O) groups excluding carboxylic acids is 2. The number of hydrogen-bond donors (Lipinski definition) is 3. The predicted octanol–water partition coefficient (Wildman–Crippen LogP) is 2.98. The normalized spacial score (nSPS) is 12.2. The van der Waals surface area contributed by atoms with Crippen LogP contribution in [0.3, 0.4) is 0 Å². The van der Waals surface area contributed by atoms with Crippen LogP contribution in [0.5, 0.6) is 0 Å². The van der Waals surface area contributed by atoms with Crippen LogP contribution in [0.15, 0.2) is 17.5 Å². The summed E-state index contributed by atoms with van der Waals surface area (Å²) >= 11 is 1.14. The fourth-order valence-electron chi connectivity index (χ4n) is 2.40. The van der Waals surface area contributed by atoms with Crippen LogP contribution >= 0.6 is 36.2 Å². The van der Waals surface area contributed by atoms with Crippen molar-refractivity contribution < 1.29 is 14.0 Å². The summed E-state index contributed by atoms with van der Waals surface area (Å²) in [7, 11) is 0. The van der Waals surface area contributed by atoms with Gasteiger partial charge in [0.1, 0.15) is 11.5 Å². The van der Waals surface area contributed by atoms with Gasteiger partial charge in [-0.2, -0.15) is 0 Å². The van der Waals surface area contributed by atoms with Crippen molar-refractivity contribution in [3.63, 3.8) is 0 Å². The molecule has 3 rings (SSSR count). The molecular weight excluding hydrogens is 390 g/mol. The Bertz CT molecular complexity index is 785. The number of aromatic nitrogens is 1. The molecule has 0 radical (unpaired) electrons. The molecule has 10 heteroatoms. The van der Waals surface area contributed by atoms with E-state index in [9.17, 15) is 14.0 Å². The number of anilines is 2. The molecule has 2 amide bonds. The lowest BCUT2D eigenvalue weighted by atomic mass is 9.99. The van der Waals surface area contributed by atoms with Crippen molar-refractivity contribution in [1.82, 2.24) is 10.3 Å². The van der Waals surface area contributed by atoms with Gasteiger partial charge >= 0.3 is 0 Å². The second kappa shape index (κ2) is 9.10. The van der Waals surface area contributed by atoms with E-state index >= 15 is 0 Å². The molecule has 0 spiro atoms. The summed E-state index contributed by atoms with van der Waals surface area (Å²) in [4.78, 5) is 27.1. The molecule has 0 aliphatic carbocycles. The van der Waals surface area contributed by atoms with Gasteiger partial charge in [0.2, 0.25) is 5.91 Å². The van der Waals surface area contributed by atoms with Gasteiger partial charge in [-0.05, 0) is 30.2 Å². The number of fused-ring (bicyclic) bond motifs is 1. The molecule has 0 fully saturated rings. The molecule has 0 saturated carbocycles.